The van der Waals surface area contributed by atoms with Crippen molar-refractivity contribution in [3.8, 4) is 0 Å². The van der Waals surface area contributed by atoms with E-state index in [2.05, 4.69) is 10.4 Å². The smallest absolute Gasteiger partial charge is 0.276 e. The van der Waals surface area contributed by atoms with E-state index in [1.54, 1.807) is 0 Å². The fourth-order valence-corrected chi connectivity index (χ4v) is 1.82. The Morgan fingerprint density at radius 3 is 3.00 bits per heavy atom. The number of rotatable bonds is 3. The lowest BCUT2D eigenvalue weighted by Crippen LogP contribution is -2.27. The van der Waals surface area contributed by atoms with Crippen molar-refractivity contribution in [2.75, 3.05) is 36.6 Å². The SMILES string of the molecule is NNc1cc([N+](=O)[O-])cc(N2CCCOCC2)n1. The maximum Gasteiger partial charge on any atom is 0.276 e. The van der Waals surface area contributed by atoms with Crippen LogP contribution in [0.15, 0.2) is 12.1 Å². The van der Waals surface area contributed by atoms with Crippen LogP contribution < -0.4 is 16.2 Å². The Morgan fingerprint density at radius 1 is 1.44 bits per heavy atom. The Balaban J connectivity index is 2.29. The van der Waals surface area contributed by atoms with Gasteiger partial charge in [0.2, 0.25) is 0 Å². The van der Waals surface area contributed by atoms with Gasteiger partial charge in [-0.1, -0.05) is 0 Å². The molecule has 0 amide bonds. The fourth-order valence-electron chi connectivity index (χ4n) is 1.82. The molecule has 0 aliphatic carbocycles. The minimum absolute atomic E-state index is 0.0295. The van der Waals surface area contributed by atoms with E-state index >= 15 is 0 Å². The quantitative estimate of drug-likeness (QED) is 0.459. The summed E-state index contributed by atoms with van der Waals surface area (Å²) in [5.74, 6) is 6.10. The summed E-state index contributed by atoms with van der Waals surface area (Å²) in [6.45, 7) is 2.72. The van der Waals surface area contributed by atoms with Crippen LogP contribution in [0, 0.1) is 10.1 Å². The van der Waals surface area contributed by atoms with Crippen molar-refractivity contribution in [1.82, 2.24) is 4.98 Å². The predicted molar refractivity (Wildman–Crippen MR) is 66.4 cm³/mol. The highest BCUT2D eigenvalue weighted by Crippen LogP contribution is 2.23. The number of pyridine rings is 1. The number of hydrogen-bond acceptors (Lipinski definition) is 7. The van der Waals surface area contributed by atoms with Gasteiger partial charge >= 0.3 is 0 Å². The molecule has 3 N–H and O–H groups in total. The third-order valence-corrected chi connectivity index (χ3v) is 2.70. The number of nitrogen functional groups attached to an aromatic ring is 1. The van der Waals surface area contributed by atoms with Crippen molar-refractivity contribution in [3.05, 3.63) is 22.2 Å². The lowest BCUT2D eigenvalue weighted by molar-refractivity contribution is -0.384. The molecule has 0 bridgehead atoms. The Kier molecular flexibility index (Phi) is 3.90. The molecule has 0 saturated carbocycles. The second-order valence-corrected chi connectivity index (χ2v) is 3.92. The van der Waals surface area contributed by atoms with E-state index in [0.29, 0.717) is 25.6 Å². The summed E-state index contributed by atoms with van der Waals surface area (Å²) in [5, 5.41) is 10.8. The normalized spacial score (nSPS) is 16.2. The highest BCUT2D eigenvalue weighted by atomic mass is 16.6. The van der Waals surface area contributed by atoms with E-state index in [1.807, 2.05) is 4.90 Å². The first-order valence-corrected chi connectivity index (χ1v) is 5.66. The second kappa shape index (κ2) is 5.61. The van der Waals surface area contributed by atoms with Crippen LogP contribution in [0.2, 0.25) is 0 Å². The van der Waals surface area contributed by atoms with Gasteiger partial charge in [-0.2, -0.15) is 0 Å². The summed E-state index contributed by atoms with van der Waals surface area (Å²) in [7, 11) is 0. The summed E-state index contributed by atoms with van der Waals surface area (Å²) < 4.78 is 5.34. The minimum Gasteiger partial charge on any atom is -0.380 e. The van der Waals surface area contributed by atoms with Crippen molar-refractivity contribution in [1.29, 1.82) is 0 Å². The number of nitrogens with one attached hydrogen (secondary N) is 1. The summed E-state index contributed by atoms with van der Waals surface area (Å²) >= 11 is 0. The van der Waals surface area contributed by atoms with E-state index < -0.39 is 4.92 Å². The van der Waals surface area contributed by atoms with Crippen LogP contribution >= 0.6 is 0 Å². The summed E-state index contributed by atoms with van der Waals surface area (Å²) in [6, 6.07) is 2.75. The number of aromatic nitrogens is 1. The highest BCUT2D eigenvalue weighted by molar-refractivity contribution is 5.55. The zero-order valence-corrected chi connectivity index (χ0v) is 9.83. The molecule has 1 aromatic heterocycles. The zero-order valence-electron chi connectivity index (χ0n) is 9.83. The van der Waals surface area contributed by atoms with Gasteiger partial charge in [-0.05, 0) is 6.42 Å². The van der Waals surface area contributed by atoms with Crippen molar-refractivity contribution in [3.63, 3.8) is 0 Å². The monoisotopic (exact) mass is 253 g/mol. The number of hydrazine groups is 1. The predicted octanol–water partition coefficient (Wildman–Crippen LogP) is 0.502. The van der Waals surface area contributed by atoms with Gasteiger partial charge in [-0.15, -0.1) is 0 Å². The number of nitrogens with two attached hydrogens (primary N) is 1. The molecule has 1 aliphatic heterocycles. The molecule has 0 aromatic carbocycles. The van der Waals surface area contributed by atoms with Crippen molar-refractivity contribution < 1.29 is 9.66 Å². The van der Waals surface area contributed by atoms with Gasteiger partial charge in [0.1, 0.15) is 11.6 Å². The average Bonchev–Trinajstić information content (AvgIpc) is 2.67. The highest BCUT2D eigenvalue weighted by Gasteiger charge is 2.16. The minimum atomic E-state index is -0.458. The van der Waals surface area contributed by atoms with Gasteiger partial charge in [0.25, 0.3) is 5.69 Å². The standard InChI is InChI=1S/C10H15N5O3/c11-13-9-6-8(15(16)17)7-10(12-9)14-2-1-4-18-5-3-14/h6-7H,1-5,11H2,(H,12,13). The van der Waals surface area contributed by atoms with Gasteiger partial charge < -0.3 is 15.1 Å². The van der Waals surface area contributed by atoms with E-state index in [4.69, 9.17) is 10.6 Å². The molecule has 0 unspecified atom stereocenters. The Labute approximate surface area is 104 Å². The van der Waals surface area contributed by atoms with E-state index in [9.17, 15) is 10.1 Å². The number of anilines is 2. The molecule has 1 saturated heterocycles. The molecule has 8 heteroatoms. The van der Waals surface area contributed by atoms with Crippen LogP contribution in [0.5, 0.6) is 0 Å². The van der Waals surface area contributed by atoms with Crippen LogP contribution in [0.25, 0.3) is 0 Å². The third-order valence-electron chi connectivity index (χ3n) is 2.70. The van der Waals surface area contributed by atoms with Crippen molar-refractivity contribution in [2.24, 2.45) is 5.84 Å². The van der Waals surface area contributed by atoms with Crippen molar-refractivity contribution >= 4 is 17.3 Å². The first kappa shape index (κ1) is 12.5. The van der Waals surface area contributed by atoms with Gasteiger partial charge in [0.15, 0.2) is 0 Å². The van der Waals surface area contributed by atoms with Gasteiger partial charge in [0, 0.05) is 19.7 Å². The number of nitro groups is 1. The second-order valence-electron chi connectivity index (χ2n) is 3.92. The number of nitrogens with zero attached hydrogens (tertiary/aromatic N) is 3. The first-order chi connectivity index (χ1) is 8.70. The Hall–Kier alpha value is -1.93. The molecule has 2 heterocycles. The lowest BCUT2D eigenvalue weighted by atomic mass is 10.3. The molecule has 98 valence electrons. The van der Waals surface area contributed by atoms with Gasteiger partial charge in [0.05, 0.1) is 23.7 Å². The van der Waals surface area contributed by atoms with Crippen molar-refractivity contribution in [2.45, 2.75) is 6.42 Å². The molecule has 18 heavy (non-hydrogen) atoms. The van der Waals surface area contributed by atoms with E-state index in [-0.39, 0.29) is 11.5 Å². The molecule has 2 rings (SSSR count). The lowest BCUT2D eigenvalue weighted by Gasteiger charge is -2.20. The maximum atomic E-state index is 10.8. The van der Waals surface area contributed by atoms with Crippen LogP contribution in [0.4, 0.5) is 17.3 Å². The van der Waals surface area contributed by atoms with E-state index in [1.165, 1.54) is 12.1 Å². The molecular formula is C10H15N5O3. The Morgan fingerprint density at radius 2 is 2.28 bits per heavy atom. The number of ether oxygens (including phenoxy) is 1. The summed E-state index contributed by atoms with van der Waals surface area (Å²) in [4.78, 5) is 16.6. The van der Waals surface area contributed by atoms with Crippen LogP contribution in [-0.4, -0.2) is 36.2 Å². The molecule has 1 fully saturated rings. The molecule has 0 atom stereocenters. The summed E-state index contributed by atoms with van der Waals surface area (Å²) in [6.07, 6.45) is 0.871. The van der Waals surface area contributed by atoms with Crippen LogP contribution in [-0.2, 0) is 4.74 Å². The molecule has 1 aromatic rings. The molecule has 8 nitrogen and oxygen atoms in total. The topological polar surface area (TPSA) is 107 Å². The first-order valence-electron chi connectivity index (χ1n) is 5.66. The largest absolute Gasteiger partial charge is 0.380 e. The number of hydrogen-bond donors (Lipinski definition) is 2. The van der Waals surface area contributed by atoms with Crippen LogP contribution in [0.1, 0.15) is 6.42 Å². The van der Waals surface area contributed by atoms with E-state index in [0.717, 1.165) is 13.0 Å². The molecular weight excluding hydrogens is 238 g/mol. The third kappa shape index (κ3) is 2.84. The van der Waals surface area contributed by atoms with Gasteiger partial charge in [-0.25, -0.2) is 10.8 Å². The maximum absolute atomic E-state index is 10.8. The fraction of sp³-hybridized carbons (Fsp3) is 0.500. The average molecular weight is 253 g/mol. The van der Waals surface area contributed by atoms with Crippen LogP contribution in [0.3, 0.4) is 0 Å². The van der Waals surface area contributed by atoms with Gasteiger partial charge in [-0.3, -0.25) is 10.1 Å². The molecule has 1 aliphatic rings. The zero-order chi connectivity index (χ0) is 13.0. The summed E-state index contributed by atoms with van der Waals surface area (Å²) in [5.41, 5.74) is 2.31. The molecule has 0 spiro atoms. The molecule has 0 radical (unpaired) electrons. The Bertz CT molecular complexity index is 432.